The third-order valence-electron chi connectivity index (χ3n) is 1.47. The van der Waals surface area contributed by atoms with Gasteiger partial charge in [-0.3, -0.25) is 0 Å². The van der Waals surface area contributed by atoms with E-state index >= 15 is 0 Å². The molecule has 0 radical (unpaired) electrons. The van der Waals surface area contributed by atoms with Gasteiger partial charge in [-0.05, 0) is 13.0 Å². The van der Waals surface area contributed by atoms with Crippen LogP contribution in [0.15, 0.2) is 18.2 Å². The van der Waals surface area contributed by atoms with Crippen molar-refractivity contribution < 1.29 is 13.5 Å². The van der Waals surface area contributed by atoms with Crippen LogP contribution in [0.25, 0.3) is 0 Å². The standard InChI is InChI=1S/C9H11F2NO/c1-3-13-8-6-4-5-7(12-8)9(2,10)11/h4-6H,3H2,1-2H3. The van der Waals surface area contributed by atoms with Crippen molar-refractivity contribution in [1.29, 1.82) is 0 Å². The van der Waals surface area contributed by atoms with Gasteiger partial charge in [0.2, 0.25) is 5.88 Å². The smallest absolute Gasteiger partial charge is 0.287 e. The molecule has 2 nitrogen and oxygen atoms in total. The maximum Gasteiger partial charge on any atom is 0.287 e. The Morgan fingerprint density at radius 1 is 1.46 bits per heavy atom. The van der Waals surface area contributed by atoms with Crippen molar-refractivity contribution in [2.45, 2.75) is 19.8 Å². The summed E-state index contributed by atoms with van der Waals surface area (Å²) in [4.78, 5) is 3.66. The molecule has 0 aromatic carbocycles. The topological polar surface area (TPSA) is 22.1 Å². The largest absolute Gasteiger partial charge is 0.478 e. The SMILES string of the molecule is CCOc1cccc(C(C)(F)F)n1. The van der Waals surface area contributed by atoms with Gasteiger partial charge in [-0.1, -0.05) is 6.07 Å². The van der Waals surface area contributed by atoms with Gasteiger partial charge < -0.3 is 4.74 Å². The Morgan fingerprint density at radius 3 is 2.69 bits per heavy atom. The van der Waals surface area contributed by atoms with Gasteiger partial charge in [-0.2, -0.15) is 8.78 Å². The molecule has 0 bridgehead atoms. The first-order valence-corrected chi connectivity index (χ1v) is 4.02. The fourth-order valence-corrected chi connectivity index (χ4v) is 0.888. The number of ether oxygens (including phenoxy) is 1. The summed E-state index contributed by atoms with van der Waals surface area (Å²) >= 11 is 0. The van der Waals surface area contributed by atoms with E-state index in [1.807, 2.05) is 0 Å². The lowest BCUT2D eigenvalue weighted by molar-refractivity contribution is 0.0121. The zero-order valence-electron chi connectivity index (χ0n) is 7.55. The van der Waals surface area contributed by atoms with Crippen molar-refractivity contribution in [3.8, 4) is 5.88 Å². The minimum Gasteiger partial charge on any atom is -0.478 e. The van der Waals surface area contributed by atoms with Crippen LogP contribution < -0.4 is 4.74 Å². The summed E-state index contributed by atoms with van der Waals surface area (Å²) in [7, 11) is 0. The molecule has 13 heavy (non-hydrogen) atoms. The van der Waals surface area contributed by atoms with E-state index in [9.17, 15) is 8.78 Å². The van der Waals surface area contributed by atoms with E-state index in [0.29, 0.717) is 6.61 Å². The number of nitrogens with zero attached hydrogens (tertiary/aromatic N) is 1. The van der Waals surface area contributed by atoms with Gasteiger partial charge in [0.15, 0.2) is 0 Å². The van der Waals surface area contributed by atoms with Gasteiger partial charge in [0.1, 0.15) is 5.69 Å². The Morgan fingerprint density at radius 2 is 2.15 bits per heavy atom. The minimum atomic E-state index is -2.91. The predicted octanol–water partition coefficient (Wildman–Crippen LogP) is 2.59. The van der Waals surface area contributed by atoms with Crippen molar-refractivity contribution in [3.63, 3.8) is 0 Å². The molecule has 0 saturated heterocycles. The molecule has 1 heterocycles. The van der Waals surface area contributed by atoms with E-state index in [-0.39, 0.29) is 11.6 Å². The van der Waals surface area contributed by atoms with Gasteiger partial charge in [0, 0.05) is 13.0 Å². The van der Waals surface area contributed by atoms with Crippen molar-refractivity contribution in [1.82, 2.24) is 4.98 Å². The average molecular weight is 187 g/mol. The summed E-state index contributed by atoms with van der Waals surface area (Å²) in [6, 6.07) is 4.34. The monoisotopic (exact) mass is 187 g/mol. The number of aromatic nitrogens is 1. The molecule has 0 unspecified atom stereocenters. The molecule has 72 valence electrons. The van der Waals surface area contributed by atoms with Crippen LogP contribution in [0.5, 0.6) is 5.88 Å². The van der Waals surface area contributed by atoms with Gasteiger partial charge in [0.25, 0.3) is 5.92 Å². The van der Waals surface area contributed by atoms with E-state index in [1.165, 1.54) is 12.1 Å². The molecular formula is C9H11F2NO. The van der Waals surface area contributed by atoms with Crippen LogP contribution in [-0.2, 0) is 5.92 Å². The Kier molecular flexibility index (Phi) is 2.80. The second kappa shape index (κ2) is 3.68. The lowest BCUT2D eigenvalue weighted by Crippen LogP contribution is -2.10. The Bertz CT molecular complexity index is 283. The first kappa shape index (κ1) is 9.89. The summed E-state index contributed by atoms with van der Waals surface area (Å²) in [5, 5.41) is 0. The van der Waals surface area contributed by atoms with E-state index in [4.69, 9.17) is 4.74 Å². The summed E-state index contributed by atoms with van der Waals surface area (Å²) in [6.45, 7) is 3.01. The Balaban J connectivity index is 2.92. The fourth-order valence-electron chi connectivity index (χ4n) is 0.888. The lowest BCUT2D eigenvalue weighted by Gasteiger charge is -2.10. The number of alkyl halides is 2. The van der Waals surface area contributed by atoms with Crippen LogP contribution in [0.2, 0.25) is 0 Å². The molecule has 4 heteroatoms. The van der Waals surface area contributed by atoms with Crippen LogP contribution in [0, 0.1) is 0 Å². The number of halogens is 2. The molecule has 0 aliphatic rings. The molecule has 0 atom stereocenters. The third kappa shape index (κ3) is 2.65. The third-order valence-corrected chi connectivity index (χ3v) is 1.47. The Hall–Kier alpha value is -1.19. The maximum atomic E-state index is 12.8. The average Bonchev–Trinajstić information content (AvgIpc) is 2.04. The molecular weight excluding hydrogens is 176 g/mol. The van der Waals surface area contributed by atoms with Crippen LogP contribution in [-0.4, -0.2) is 11.6 Å². The van der Waals surface area contributed by atoms with Crippen LogP contribution in [0.4, 0.5) is 8.78 Å². The van der Waals surface area contributed by atoms with E-state index in [0.717, 1.165) is 6.92 Å². The zero-order chi connectivity index (χ0) is 9.90. The molecule has 1 aromatic heterocycles. The van der Waals surface area contributed by atoms with Crippen molar-refractivity contribution >= 4 is 0 Å². The van der Waals surface area contributed by atoms with E-state index in [2.05, 4.69) is 4.98 Å². The van der Waals surface area contributed by atoms with Crippen molar-refractivity contribution in [2.24, 2.45) is 0 Å². The highest BCUT2D eigenvalue weighted by molar-refractivity contribution is 5.18. The normalized spacial score (nSPS) is 11.4. The second-order valence-electron chi connectivity index (χ2n) is 2.68. The molecule has 0 spiro atoms. The summed E-state index contributed by atoms with van der Waals surface area (Å²) in [6.07, 6.45) is 0. The molecule has 0 N–H and O–H groups in total. The minimum absolute atomic E-state index is 0.238. The molecule has 0 aliphatic carbocycles. The molecule has 0 amide bonds. The molecule has 0 saturated carbocycles. The molecule has 1 rings (SSSR count). The van der Waals surface area contributed by atoms with Crippen LogP contribution in [0.1, 0.15) is 19.5 Å². The number of hydrogen-bond acceptors (Lipinski definition) is 2. The number of rotatable bonds is 3. The Labute approximate surface area is 75.6 Å². The van der Waals surface area contributed by atoms with Gasteiger partial charge in [-0.25, -0.2) is 4.98 Å². The van der Waals surface area contributed by atoms with Crippen molar-refractivity contribution in [2.75, 3.05) is 6.61 Å². The van der Waals surface area contributed by atoms with Crippen molar-refractivity contribution in [3.05, 3.63) is 23.9 Å². The molecule has 1 aromatic rings. The van der Waals surface area contributed by atoms with Gasteiger partial charge >= 0.3 is 0 Å². The summed E-state index contributed by atoms with van der Waals surface area (Å²) < 4.78 is 30.5. The van der Waals surface area contributed by atoms with E-state index < -0.39 is 5.92 Å². The zero-order valence-corrected chi connectivity index (χ0v) is 7.55. The first-order valence-electron chi connectivity index (χ1n) is 4.02. The van der Waals surface area contributed by atoms with Crippen LogP contribution in [0.3, 0.4) is 0 Å². The fraction of sp³-hybridized carbons (Fsp3) is 0.444. The quantitative estimate of drug-likeness (QED) is 0.725. The first-order chi connectivity index (χ1) is 6.04. The van der Waals surface area contributed by atoms with E-state index in [1.54, 1.807) is 13.0 Å². The summed E-state index contributed by atoms with van der Waals surface area (Å²) in [5.74, 6) is -2.67. The second-order valence-corrected chi connectivity index (χ2v) is 2.68. The number of hydrogen-bond donors (Lipinski definition) is 0. The van der Waals surface area contributed by atoms with Gasteiger partial charge in [-0.15, -0.1) is 0 Å². The predicted molar refractivity (Wildman–Crippen MR) is 45.0 cm³/mol. The maximum absolute atomic E-state index is 12.8. The highest BCUT2D eigenvalue weighted by Gasteiger charge is 2.26. The van der Waals surface area contributed by atoms with Crippen LogP contribution >= 0.6 is 0 Å². The number of pyridine rings is 1. The highest BCUT2D eigenvalue weighted by Crippen LogP contribution is 2.26. The molecule has 0 aliphatic heterocycles. The summed E-state index contributed by atoms with van der Waals surface area (Å²) in [5.41, 5.74) is -0.265. The highest BCUT2D eigenvalue weighted by atomic mass is 19.3. The molecule has 0 fully saturated rings. The van der Waals surface area contributed by atoms with Gasteiger partial charge in [0.05, 0.1) is 6.61 Å². The lowest BCUT2D eigenvalue weighted by atomic mass is 10.2.